The largest absolute Gasteiger partial charge is 0.383 e. The smallest absolute Gasteiger partial charge is 0.251 e. The van der Waals surface area contributed by atoms with Crippen molar-refractivity contribution in [3.63, 3.8) is 0 Å². The number of halogens is 2. The molecule has 1 aromatic carbocycles. The van der Waals surface area contributed by atoms with Crippen molar-refractivity contribution in [2.24, 2.45) is 0 Å². The fourth-order valence-corrected chi connectivity index (χ4v) is 2.45. The van der Waals surface area contributed by atoms with Crippen LogP contribution in [-0.2, 0) is 5.60 Å². The lowest BCUT2D eigenvalue weighted by Crippen LogP contribution is -2.38. The fourth-order valence-electron chi connectivity index (χ4n) is 1.66. The highest BCUT2D eigenvalue weighted by molar-refractivity contribution is 7.10. The lowest BCUT2D eigenvalue weighted by Gasteiger charge is -2.22. The van der Waals surface area contributed by atoms with Crippen molar-refractivity contribution < 1.29 is 18.7 Å². The zero-order chi connectivity index (χ0) is 14.8. The Hall–Kier alpha value is -1.79. The van der Waals surface area contributed by atoms with Gasteiger partial charge in [0.05, 0.1) is 6.54 Å². The van der Waals surface area contributed by atoms with E-state index >= 15 is 0 Å². The predicted molar refractivity (Wildman–Crippen MR) is 72.6 cm³/mol. The molecule has 0 saturated carbocycles. The van der Waals surface area contributed by atoms with Crippen molar-refractivity contribution in [1.29, 1.82) is 0 Å². The maximum Gasteiger partial charge on any atom is 0.251 e. The first-order chi connectivity index (χ1) is 9.40. The maximum atomic E-state index is 13.0. The average molecular weight is 297 g/mol. The Morgan fingerprint density at radius 1 is 1.35 bits per heavy atom. The first-order valence-corrected chi connectivity index (χ1v) is 6.78. The highest BCUT2D eigenvalue weighted by Crippen LogP contribution is 2.24. The molecule has 0 aliphatic rings. The van der Waals surface area contributed by atoms with E-state index < -0.39 is 23.1 Å². The van der Waals surface area contributed by atoms with E-state index in [-0.39, 0.29) is 12.1 Å². The highest BCUT2D eigenvalue weighted by atomic mass is 32.1. The number of amides is 1. The summed E-state index contributed by atoms with van der Waals surface area (Å²) in [6, 6.07) is 6.46. The zero-order valence-corrected chi connectivity index (χ0v) is 11.5. The molecule has 106 valence electrons. The number of hydrogen-bond acceptors (Lipinski definition) is 3. The Morgan fingerprint density at radius 2 is 2.10 bits per heavy atom. The number of nitrogens with one attached hydrogen (secondary N) is 1. The van der Waals surface area contributed by atoms with Gasteiger partial charge in [-0.2, -0.15) is 0 Å². The zero-order valence-electron chi connectivity index (χ0n) is 10.7. The van der Waals surface area contributed by atoms with Gasteiger partial charge in [-0.1, -0.05) is 6.07 Å². The predicted octanol–water partition coefficient (Wildman–Crippen LogP) is 2.66. The Kier molecular flexibility index (Phi) is 4.15. The lowest BCUT2D eigenvalue weighted by atomic mass is 10.1. The second-order valence-electron chi connectivity index (χ2n) is 4.56. The van der Waals surface area contributed by atoms with Gasteiger partial charge in [0.25, 0.3) is 5.91 Å². The van der Waals surface area contributed by atoms with Crippen LogP contribution in [0.15, 0.2) is 35.7 Å². The van der Waals surface area contributed by atoms with E-state index in [4.69, 9.17) is 0 Å². The molecule has 0 aliphatic carbocycles. The van der Waals surface area contributed by atoms with Crippen LogP contribution in [0.3, 0.4) is 0 Å². The molecule has 0 bridgehead atoms. The van der Waals surface area contributed by atoms with Gasteiger partial charge in [-0.05, 0) is 36.6 Å². The molecule has 1 aromatic heterocycles. The Bertz CT molecular complexity index is 612. The van der Waals surface area contributed by atoms with Crippen LogP contribution in [-0.4, -0.2) is 17.6 Å². The molecular weight excluding hydrogens is 284 g/mol. The number of aliphatic hydroxyl groups is 1. The second kappa shape index (κ2) is 5.68. The topological polar surface area (TPSA) is 49.3 Å². The highest BCUT2D eigenvalue weighted by Gasteiger charge is 2.25. The molecule has 1 amide bonds. The summed E-state index contributed by atoms with van der Waals surface area (Å²) in [5, 5.41) is 14.6. The number of carbonyl (C=O) groups excluding carboxylic acids is 1. The van der Waals surface area contributed by atoms with Crippen LogP contribution in [0.2, 0.25) is 0 Å². The summed E-state index contributed by atoms with van der Waals surface area (Å²) in [7, 11) is 0. The molecule has 0 fully saturated rings. The van der Waals surface area contributed by atoms with Gasteiger partial charge >= 0.3 is 0 Å². The van der Waals surface area contributed by atoms with Crippen molar-refractivity contribution in [2.75, 3.05) is 6.54 Å². The van der Waals surface area contributed by atoms with Crippen LogP contribution in [0.5, 0.6) is 0 Å². The maximum absolute atomic E-state index is 13.0. The number of carbonyl (C=O) groups is 1. The summed E-state index contributed by atoms with van der Waals surface area (Å²) >= 11 is 1.37. The summed E-state index contributed by atoms with van der Waals surface area (Å²) < 4.78 is 25.8. The van der Waals surface area contributed by atoms with Crippen LogP contribution in [0.25, 0.3) is 0 Å². The van der Waals surface area contributed by atoms with Crippen LogP contribution in [0.4, 0.5) is 8.78 Å². The van der Waals surface area contributed by atoms with Crippen molar-refractivity contribution in [2.45, 2.75) is 12.5 Å². The fraction of sp³-hybridized carbons (Fsp3) is 0.214. The molecule has 3 nitrogen and oxygen atoms in total. The van der Waals surface area contributed by atoms with E-state index in [0.717, 1.165) is 12.1 Å². The summed E-state index contributed by atoms with van der Waals surface area (Å²) in [6.45, 7) is 1.55. The average Bonchev–Trinajstić information content (AvgIpc) is 2.94. The van der Waals surface area contributed by atoms with E-state index in [9.17, 15) is 18.7 Å². The summed E-state index contributed by atoms with van der Waals surface area (Å²) in [4.78, 5) is 12.5. The number of thiophene rings is 1. The summed E-state index contributed by atoms with van der Waals surface area (Å²) in [6.07, 6.45) is 0. The molecule has 2 N–H and O–H groups in total. The molecule has 20 heavy (non-hydrogen) atoms. The van der Waals surface area contributed by atoms with Crippen LogP contribution < -0.4 is 5.32 Å². The Labute approximate surface area is 118 Å². The normalized spacial score (nSPS) is 13.8. The molecule has 0 radical (unpaired) electrons. The Morgan fingerprint density at radius 3 is 2.70 bits per heavy atom. The molecule has 2 aromatic rings. The molecule has 2 rings (SSSR count). The SMILES string of the molecule is C[C@](O)(CNC(=O)c1ccc(F)c(F)c1)c1cccs1. The van der Waals surface area contributed by atoms with Crippen molar-refractivity contribution >= 4 is 17.2 Å². The van der Waals surface area contributed by atoms with E-state index in [2.05, 4.69) is 5.32 Å². The minimum atomic E-state index is -1.21. The molecule has 0 aliphatic heterocycles. The van der Waals surface area contributed by atoms with Crippen molar-refractivity contribution in [3.8, 4) is 0 Å². The van der Waals surface area contributed by atoms with Gasteiger partial charge in [-0.15, -0.1) is 11.3 Å². The van der Waals surface area contributed by atoms with Crippen molar-refractivity contribution in [1.82, 2.24) is 5.32 Å². The van der Waals surface area contributed by atoms with E-state index in [1.807, 2.05) is 5.38 Å². The quantitative estimate of drug-likeness (QED) is 0.911. The number of rotatable bonds is 4. The van der Waals surface area contributed by atoms with Gasteiger partial charge in [-0.3, -0.25) is 4.79 Å². The standard InChI is InChI=1S/C14H13F2NO2S/c1-14(19,12-3-2-6-20-12)8-17-13(18)9-4-5-10(15)11(16)7-9/h2-7,19H,8H2,1H3,(H,17,18)/t14-/m0/s1. The molecule has 1 heterocycles. The lowest BCUT2D eigenvalue weighted by molar-refractivity contribution is 0.0556. The second-order valence-corrected chi connectivity index (χ2v) is 5.51. The Balaban J connectivity index is 2.03. The third-order valence-electron chi connectivity index (χ3n) is 2.83. The van der Waals surface area contributed by atoms with Gasteiger partial charge in [0.15, 0.2) is 11.6 Å². The molecule has 6 heteroatoms. The molecular formula is C14H13F2NO2S. The van der Waals surface area contributed by atoms with Crippen molar-refractivity contribution in [3.05, 3.63) is 57.8 Å². The molecule has 0 spiro atoms. The van der Waals surface area contributed by atoms with Gasteiger partial charge in [0.2, 0.25) is 0 Å². The molecule has 1 atom stereocenters. The van der Waals surface area contributed by atoms with Gasteiger partial charge in [0.1, 0.15) is 5.60 Å². The van der Waals surface area contributed by atoms with Crippen LogP contribution >= 0.6 is 11.3 Å². The van der Waals surface area contributed by atoms with E-state index in [1.165, 1.54) is 17.4 Å². The third kappa shape index (κ3) is 3.20. The first-order valence-electron chi connectivity index (χ1n) is 5.90. The number of hydrogen-bond donors (Lipinski definition) is 2. The summed E-state index contributed by atoms with van der Waals surface area (Å²) in [5.74, 6) is -2.66. The van der Waals surface area contributed by atoms with Gasteiger partial charge < -0.3 is 10.4 Å². The first kappa shape index (κ1) is 14.6. The van der Waals surface area contributed by atoms with Crippen LogP contribution in [0.1, 0.15) is 22.2 Å². The minimum absolute atomic E-state index is 0.00544. The molecule has 0 unspecified atom stereocenters. The van der Waals surface area contributed by atoms with Gasteiger partial charge in [-0.25, -0.2) is 8.78 Å². The number of benzene rings is 1. The van der Waals surface area contributed by atoms with Gasteiger partial charge in [0, 0.05) is 10.4 Å². The molecule has 0 saturated heterocycles. The third-order valence-corrected chi connectivity index (χ3v) is 3.95. The van der Waals surface area contributed by atoms with E-state index in [0.29, 0.717) is 4.88 Å². The monoisotopic (exact) mass is 297 g/mol. The summed E-state index contributed by atoms with van der Waals surface area (Å²) in [5.41, 5.74) is -1.20. The van der Waals surface area contributed by atoms with E-state index in [1.54, 1.807) is 19.1 Å². The minimum Gasteiger partial charge on any atom is -0.383 e. The van der Waals surface area contributed by atoms with Crippen LogP contribution in [0, 0.1) is 11.6 Å².